The van der Waals surface area contributed by atoms with Crippen molar-refractivity contribution >= 4 is 37.6 Å². The Morgan fingerprint density at radius 2 is 2.13 bits per heavy atom. The molecular weight excluding hydrogens is 302 g/mol. The van der Waals surface area contributed by atoms with Gasteiger partial charge in [0.15, 0.2) is 0 Å². The van der Waals surface area contributed by atoms with Gasteiger partial charge in [-0.1, -0.05) is 27.5 Å². The lowest BCUT2D eigenvalue weighted by atomic mass is 10.2. The van der Waals surface area contributed by atoms with E-state index in [1.807, 2.05) is 6.07 Å². The third kappa shape index (κ3) is 4.10. The van der Waals surface area contributed by atoms with Crippen LogP contribution in [0.1, 0.15) is 5.56 Å². The van der Waals surface area contributed by atoms with Crippen molar-refractivity contribution in [2.75, 3.05) is 12.8 Å². The molecule has 0 bridgehead atoms. The second kappa shape index (κ2) is 5.30. The van der Waals surface area contributed by atoms with E-state index in [4.69, 9.17) is 11.6 Å². The summed E-state index contributed by atoms with van der Waals surface area (Å²) in [6.07, 6.45) is 0.435. The summed E-state index contributed by atoms with van der Waals surface area (Å²) < 4.78 is 25.6. The molecule has 15 heavy (non-hydrogen) atoms. The first-order valence-corrected chi connectivity index (χ1v) is 7.12. The Morgan fingerprint density at radius 1 is 1.47 bits per heavy atom. The van der Waals surface area contributed by atoms with Crippen LogP contribution in [0.25, 0.3) is 0 Å². The summed E-state index contributed by atoms with van der Waals surface area (Å²) in [6, 6.07) is 5.32. The van der Waals surface area contributed by atoms with Crippen LogP contribution in [0, 0.1) is 0 Å². The molecule has 6 heteroatoms. The summed E-state index contributed by atoms with van der Waals surface area (Å²) >= 11 is 9.16. The van der Waals surface area contributed by atoms with E-state index in [1.165, 1.54) is 7.05 Å². The average molecular weight is 313 g/mol. The molecular formula is C9H11BrClNO2S. The molecule has 0 saturated heterocycles. The number of hydrogen-bond acceptors (Lipinski definition) is 2. The van der Waals surface area contributed by atoms with Gasteiger partial charge in [0.2, 0.25) is 10.0 Å². The van der Waals surface area contributed by atoms with Gasteiger partial charge < -0.3 is 0 Å². The maximum absolute atomic E-state index is 11.2. The Kier molecular flexibility index (Phi) is 4.58. The fraction of sp³-hybridized carbons (Fsp3) is 0.333. The lowest BCUT2D eigenvalue weighted by Crippen LogP contribution is -2.23. The number of hydrogen-bond donors (Lipinski definition) is 1. The lowest BCUT2D eigenvalue weighted by Gasteiger charge is -2.05. The second-order valence-corrected chi connectivity index (χ2v) is 6.35. The van der Waals surface area contributed by atoms with Crippen molar-refractivity contribution < 1.29 is 8.42 Å². The van der Waals surface area contributed by atoms with Crippen LogP contribution >= 0.6 is 27.5 Å². The number of nitrogens with one attached hydrogen (secondary N) is 1. The van der Waals surface area contributed by atoms with E-state index in [-0.39, 0.29) is 5.75 Å². The first-order chi connectivity index (χ1) is 6.94. The molecule has 0 atom stereocenters. The van der Waals surface area contributed by atoms with E-state index in [0.29, 0.717) is 11.4 Å². The van der Waals surface area contributed by atoms with Crippen LogP contribution in [0.4, 0.5) is 0 Å². The minimum absolute atomic E-state index is 0.0580. The zero-order valence-electron chi connectivity index (χ0n) is 8.13. The Hall–Kier alpha value is -0.100. The van der Waals surface area contributed by atoms with Gasteiger partial charge >= 0.3 is 0 Å². The number of rotatable bonds is 4. The van der Waals surface area contributed by atoms with Gasteiger partial charge in [0, 0.05) is 9.50 Å². The number of sulfonamides is 1. The largest absolute Gasteiger partial charge is 0.218 e. The highest BCUT2D eigenvalue weighted by Gasteiger charge is 2.09. The molecule has 0 heterocycles. The molecule has 3 nitrogen and oxygen atoms in total. The van der Waals surface area contributed by atoms with E-state index in [1.54, 1.807) is 12.1 Å². The van der Waals surface area contributed by atoms with Gasteiger partial charge in [-0.3, -0.25) is 0 Å². The SMILES string of the molecule is CNS(=O)(=O)CCc1cc(Cl)ccc1Br. The zero-order chi connectivity index (χ0) is 11.5. The fourth-order valence-corrected chi connectivity index (χ4v) is 2.41. The Bertz CT molecular complexity index is 447. The van der Waals surface area contributed by atoms with Crippen LogP contribution < -0.4 is 4.72 Å². The highest BCUT2D eigenvalue weighted by Crippen LogP contribution is 2.21. The fourth-order valence-electron chi connectivity index (χ4n) is 1.08. The van der Waals surface area contributed by atoms with Crippen LogP contribution in [0.15, 0.2) is 22.7 Å². The van der Waals surface area contributed by atoms with E-state index < -0.39 is 10.0 Å². The van der Waals surface area contributed by atoms with Crippen molar-refractivity contribution in [1.82, 2.24) is 4.72 Å². The van der Waals surface area contributed by atoms with E-state index in [9.17, 15) is 8.42 Å². The van der Waals surface area contributed by atoms with Gasteiger partial charge in [0.05, 0.1) is 5.75 Å². The number of benzene rings is 1. The third-order valence-electron chi connectivity index (χ3n) is 1.96. The second-order valence-electron chi connectivity index (χ2n) is 3.01. The predicted molar refractivity (Wildman–Crippen MR) is 65.7 cm³/mol. The Balaban J connectivity index is 2.78. The number of halogens is 2. The van der Waals surface area contributed by atoms with Crippen LogP contribution in [-0.2, 0) is 16.4 Å². The van der Waals surface area contributed by atoms with E-state index in [2.05, 4.69) is 20.7 Å². The normalized spacial score (nSPS) is 11.7. The first-order valence-electron chi connectivity index (χ1n) is 4.30. The molecule has 0 radical (unpaired) electrons. The topological polar surface area (TPSA) is 46.2 Å². The van der Waals surface area contributed by atoms with Crippen LogP contribution in [-0.4, -0.2) is 21.2 Å². The molecule has 1 aromatic rings. The van der Waals surface area contributed by atoms with Gasteiger partial charge in [-0.05, 0) is 37.2 Å². The minimum Gasteiger partial charge on any atom is -0.218 e. The van der Waals surface area contributed by atoms with Crippen molar-refractivity contribution in [3.05, 3.63) is 33.3 Å². The Morgan fingerprint density at radius 3 is 2.73 bits per heavy atom. The van der Waals surface area contributed by atoms with Crippen molar-refractivity contribution in [3.8, 4) is 0 Å². The molecule has 84 valence electrons. The minimum atomic E-state index is -3.16. The van der Waals surface area contributed by atoms with Crippen LogP contribution in [0.2, 0.25) is 5.02 Å². The molecule has 0 spiro atoms. The van der Waals surface area contributed by atoms with Gasteiger partial charge in [0.1, 0.15) is 0 Å². The molecule has 0 saturated carbocycles. The summed E-state index contributed by atoms with van der Waals surface area (Å²) in [4.78, 5) is 0. The molecule has 1 rings (SSSR count). The molecule has 0 aliphatic rings. The standard InChI is InChI=1S/C9H11BrClNO2S/c1-12-15(13,14)5-4-7-6-8(11)2-3-9(7)10/h2-3,6,12H,4-5H2,1H3. The summed E-state index contributed by atoms with van der Waals surface area (Å²) in [7, 11) is -1.76. The summed E-state index contributed by atoms with van der Waals surface area (Å²) in [5, 5.41) is 0.607. The van der Waals surface area contributed by atoms with E-state index in [0.717, 1.165) is 10.0 Å². The predicted octanol–water partition coefficient (Wildman–Crippen LogP) is 2.19. The molecule has 0 amide bonds. The van der Waals surface area contributed by atoms with Crippen LogP contribution in [0.3, 0.4) is 0 Å². The zero-order valence-corrected chi connectivity index (χ0v) is 11.3. The molecule has 1 N–H and O–H groups in total. The molecule has 1 aromatic carbocycles. The lowest BCUT2D eigenvalue weighted by molar-refractivity contribution is 0.587. The maximum Gasteiger partial charge on any atom is 0.211 e. The quantitative estimate of drug-likeness (QED) is 0.926. The highest BCUT2D eigenvalue weighted by molar-refractivity contribution is 9.10. The van der Waals surface area contributed by atoms with Crippen molar-refractivity contribution in [2.45, 2.75) is 6.42 Å². The van der Waals surface area contributed by atoms with Crippen molar-refractivity contribution in [1.29, 1.82) is 0 Å². The smallest absolute Gasteiger partial charge is 0.211 e. The molecule has 0 aromatic heterocycles. The van der Waals surface area contributed by atoms with Gasteiger partial charge in [0.25, 0.3) is 0 Å². The van der Waals surface area contributed by atoms with Crippen LogP contribution in [0.5, 0.6) is 0 Å². The van der Waals surface area contributed by atoms with Crippen molar-refractivity contribution in [2.24, 2.45) is 0 Å². The summed E-state index contributed by atoms with van der Waals surface area (Å²) in [6.45, 7) is 0. The van der Waals surface area contributed by atoms with Gasteiger partial charge in [-0.15, -0.1) is 0 Å². The summed E-state index contributed by atoms with van der Waals surface area (Å²) in [5.74, 6) is 0.0580. The highest BCUT2D eigenvalue weighted by atomic mass is 79.9. The molecule has 0 fully saturated rings. The van der Waals surface area contributed by atoms with E-state index >= 15 is 0 Å². The Labute approximate surface area is 103 Å². The monoisotopic (exact) mass is 311 g/mol. The number of aryl methyl sites for hydroxylation is 1. The summed E-state index contributed by atoms with van der Waals surface area (Å²) in [5.41, 5.74) is 0.890. The van der Waals surface area contributed by atoms with Crippen molar-refractivity contribution in [3.63, 3.8) is 0 Å². The maximum atomic E-state index is 11.2. The van der Waals surface area contributed by atoms with Gasteiger partial charge in [-0.2, -0.15) is 0 Å². The first kappa shape index (κ1) is 13.0. The molecule has 0 aliphatic carbocycles. The van der Waals surface area contributed by atoms with Gasteiger partial charge in [-0.25, -0.2) is 13.1 Å². The average Bonchev–Trinajstić information content (AvgIpc) is 2.20. The molecule has 0 aliphatic heterocycles. The third-order valence-corrected chi connectivity index (χ3v) is 4.33. The molecule has 0 unspecified atom stereocenters.